The molecule has 2 rings (SSSR count). The summed E-state index contributed by atoms with van der Waals surface area (Å²) in [5.74, 6) is -1.42. The van der Waals surface area contributed by atoms with Gasteiger partial charge in [-0.1, -0.05) is 25.1 Å². The zero-order valence-corrected chi connectivity index (χ0v) is 13.5. The van der Waals surface area contributed by atoms with Crippen molar-refractivity contribution in [2.24, 2.45) is 5.92 Å². The number of rotatable bonds is 6. The molecule has 0 aromatic heterocycles. The zero-order chi connectivity index (χ0) is 16.8. The Morgan fingerprint density at radius 1 is 1.35 bits per heavy atom. The van der Waals surface area contributed by atoms with E-state index in [4.69, 9.17) is 5.11 Å². The standard InChI is InChI=1S/C18H24FNO3/c1-13(12-14-6-2-3-8-16(14)19)18(23)20-11-5-4-7-15(20)9-10-17(21)22/h2-3,6,8,13,15H,4-5,7,9-12H2,1H3,(H,21,22). The molecular weight excluding hydrogens is 297 g/mol. The molecule has 23 heavy (non-hydrogen) atoms. The molecule has 1 aliphatic rings. The highest BCUT2D eigenvalue weighted by molar-refractivity contribution is 5.79. The SMILES string of the molecule is CC(Cc1ccccc1F)C(=O)N1CCCCC1CCC(=O)O. The minimum atomic E-state index is -0.831. The number of carboxylic acids is 1. The third-order valence-electron chi connectivity index (χ3n) is 4.51. The molecule has 1 saturated heterocycles. The summed E-state index contributed by atoms with van der Waals surface area (Å²) >= 11 is 0. The van der Waals surface area contributed by atoms with Gasteiger partial charge in [-0.3, -0.25) is 9.59 Å². The van der Waals surface area contributed by atoms with Crippen LogP contribution >= 0.6 is 0 Å². The van der Waals surface area contributed by atoms with E-state index in [9.17, 15) is 14.0 Å². The molecule has 2 unspecified atom stereocenters. The first-order valence-corrected chi connectivity index (χ1v) is 8.24. The van der Waals surface area contributed by atoms with Crippen LogP contribution in [0.25, 0.3) is 0 Å². The summed E-state index contributed by atoms with van der Waals surface area (Å²) in [6.07, 6.45) is 3.76. The van der Waals surface area contributed by atoms with Crippen molar-refractivity contribution in [2.45, 2.75) is 51.5 Å². The van der Waals surface area contributed by atoms with Gasteiger partial charge in [-0.2, -0.15) is 0 Å². The molecule has 0 saturated carbocycles. The largest absolute Gasteiger partial charge is 0.481 e. The van der Waals surface area contributed by atoms with E-state index in [2.05, 4.69) is 0 Å². The van der Waals surface area contributed by atoms with Gasteiger partial charge in [-0.25, -0.2) is 4.39 Å². The molecule has 0 aliphatic carbocycles. The average Bonchev–Trinajstić information content (AvgIpc) is 2.54. The maximum Gasteiger partial charge on any atom is 0.303 e. The highest BCUT2D eigenvalue weighted by Crippen LogP contribution is 2.24. The lowest BCUT2D eigenvalue weighted by atomic mass is 9.93. The second-order valence-electron chi connectivity index (χ2n) is 6.31. The number of carboxylic acid groups (broad SMARTS) is 1. The molecule has 2 atom stereocenters. The second-order valence-corrected chi connectivity index (χ2v) is 6.31. The summed E-state index contributed by atoms with van der Waals surface area (Å²) in [6, 6.07) is 6.51. The van der Waals surface area contributed by atoms with Gasteiger partial charge in [-0.15, -0.1) is 0 Å². The van der Waals surface area contributed by atoms with Gasteiger partial charge < -0.3 is 10.0 Å². The van der Waals surface area contributed by atoms with Crippen molar-refractivity contribution < 1.29 is 19.1 Å². The number of benzene rings is 1. The molecule has 1 amide bonds. The van der Waals surface area contributed by atoms with Crippen LogP contribution in [0.2, 0.25) is 0 Å². The number of carbonyl (C=O) groups is 2. The predicted molar refractivity (Wildman–Crippen MR) is 85.5 cm³/mol. The molecule has 4 nitrogen and oxygen atoms in total. The Morgan fingerprint density at radius 2 is 2.09 bits per heavy atom. The summed E-state index contributed by atoms with van der Waals surface area (Å²) in [5, 5.41) is 8.86. The fourth-order valence-corrected chi connectivity index (χ4v) is 3.25. The smallest absolute Gasteiger partial charge is 0.303 e. The van der Waals surface area contributed by atoms with Gasteiger partial charge in [0.15, 0.2) is 0 Å². The molecule has 1 fully saturated rings. The molecule has 1 N–H and O–H groups in total. The van der Waals surface area contributed by atoms with E-state index < -0.39 is 5.97 Å². The van der Waals surface area contributed by atoms with Crippen LogP contribution in [-0.2, 0) is 16.0 Å². The van der Waals surface area contributed by atoms with Crippen molar-refractivity contribution in [3.8, 4) is 0 Å². The summed E-state index contributed by atoms with van der Waals surface area (Å²) in [5.41, 5.74) is 0.549. The minimum Gasteiger partial charge on any atom is -0.481 e. The Labute approximate surface area is 136 Å². The number of nitrogens with zero attached hydrogens (tertiary/aromatic N) is 1. The number of aliphatic carboxylic acids is 1. The Bertz CT molecular complexity index is 561. The van der Waals surface area contributed by atoms with Gasteiger partial charge >= 0.3 is 5.97 Å². The Balaban J connectivity index is 2.01. The topological polar surface area (TPSA) is 57.6 Å². The highest BCUT2D eigenvalue weighted by atomic mass is 19.1. The van der Waals surface area contributed by atoms with Crippen LogP contribution in [0, 0.1) is 11.7 Å². The number of halogens is 1. The Morgan fingerprint density at radius 3 is 2.78 bits per heavy atom. The summed E-state index contributed by atoms with van der Waals surface area (Å²) in [4.78, 5) is 25.3. The number of piperidine rings is 1. The minimum absolute atomic E-state index is 0.00309. The van der Waals surface area contributed by atoms with Gasteiger partial charge in [0, 0.05) is 24.9 Å². The van der Waals surface area contributed by atoms with Crippen molar-refractivity contribution in [1.29, 1.82) is 0 Å². The first-order valence-electron chi connectivity index (χ1n) is 8.24. The second kappa shape index (κ2) is 8.09. The molecule has 1 aliphatic heterocycles. The van der Waals surface area contributed by atoms with Crippen molar-refractivity contribution in [3.63, 3.8) is 0 Å². The van der Waals surface area contributed by atoms with Gasteiger partial charge in [0.1, 0.15) is 5.82 Å². The predicted octanol–water partition coefficient (Wildman–Crippen LogP) is 3.25. The van der Waals surface area contributed by atoms with E-state index >= 15 is 0 Å². The average molecular weight is 321 g/mol. The van der Waals surface area contributed by atoms with E-state index in [0.717, 1.165) is 19.3 Å². The highest BCUT2D eigenvalue weighted by Gasteiger charge is 2.30. The number of amides is 1. The third-order valence-corrected chi connectivity index (χ3v) is 4.51. The number of hydrogen-bond acceptors (Lipinski definition) is 2. The van der Waals surface area contributed by atoms with E-state index in [1.54, 1.807) is 18.2 Å². The Hall–Kier alpha value is -1.91. The lowest BCUT2D eigenvalue weighted by Crippen LogP contribution is -2.46. The monoisotopic (exact) mass is 321 g/mol. The lowest BCUT2D eigenvalue weighted by molar-refractivity contribution is -0.142. The summed E-state index contributed by atoms with van der Waals surface area (Å²) in [7, 11) is 0. The van der Waals surface area contributed by atoms with E-state index in [1.807, 2.05) is 11.8 Å². The van der Waals surface area contributed by atoms with Crippen LogP contribution in [0.1, 0.15) is 44.6 Å². The van der Waals surface area contributed by atoms with Crippen LogP contribution in [0.3, 0.4) is 0 Å². The molecule has 1 aromatic carbocycles. The number of carbonyl (C=O) groups excluding carboxylic acids is 1. The first-order chi connectivity index (χ1) is 11.0. The van der Waals surface area contributed by atoms with Crippen LogP contribution in [0.15, 0.2) is 24.3 Å². The van der Waals surface area contributed by atoms with Gasteiger partial charge in [-0.05, 0) is 43.7 Å². The van der Waals surface area contributed by atoms with E-state index in [1.165, 1.54) is 6.07 Å². The van der Waals surface area contributed by atoms with Crippen LogP contribution < -0.4 is 0 Å². The molecule has 126 valence electrons. The fraction of sp³-hybridized carbons (Fsp3) is 0.556. The molecule has 1 heterocycles. The first kappa shape index (κ1) is 17.4. The molecule has 5 heteroatoms. The van der Waals surface area contributed by atoms with Crippen LogP contribution in [0.4, 0.5) is 4.39 Å². The van der Waals surface area contributed by atoms with E-state index in [0.29, 0.717) is 24.9 Å². The molecule has 0 spiro atoms. The van der Waals surface area contributed by atoms with Crippen LogP contribution in [-0.4, -0.2) is 34.5 Å². The fourth-order valence-electron chi connectivity index (χ4n) is 3.25. The van der Waals surface area contributed by atoms with Crippen molar-refractivity contribution in [2.75, 3.05) is 6.54 Å². The van der Waals surface area contributed by atoms with Gasteiger partial charge in [0.25, 0.3) is 0 Å². The molecule has 0 radical (unpaired) electrons. The van der Waals surface area contributed by atoms with Gasteiger partial charge in [0.2, 0.25) is 5.91 Å². The number of likely N-dealkylation sites (tertiary alicyclic amines) is 1. The maximum atomic E-state index is 13.8. The molecule has 0 bridgehead atoms. The third kappa shape index (κ3) is 4.78. The van der Waals surface area contributed by atoms with Crippen molar-refractivity contribution in [1.82, 2.24) is 4.90 Å². The van der Waals surface area contributed by atoms with Crippen molar-refractivity contribution in [3.05, 3.63) is 35.6 Å². The van der Waals surface area contributed by atoms with E-state index in [-0.39, 0.29) is 30.1 Å². The summed E-state index contributed by atoms with van der Waals surface area (Å²) < 4.78 is 13.8. The quantitative estimate of drug-likeness (QED) is 0.875. The maximum absolute atomic E-state index is 13.8. The normalized spacial score (nSPS) is 19.4. The van der Waals surface area contributed by atoms with Crippen molar-refractivity contribution >= 4 is 11.9 Å². The molecular formula is C18H24FNO3. The lowest BCUT2D eigenvalue weighted by Gasteiger charge is -2.37. The summed E-state index contributed by atoms with van der Waals surface area (Å²) in [6.45, 7) is 2.49. The Kier molecular flexibility index (Phi) is 6.13. The van der Waals surface area contributed by atoms with Crippen LogP contribution in [0.5, 0.6) is 0 Å². The molecule has 1 aromatic rings. The zero-order valence-electron chi connectivity index (χ0n) is 13.5. The van der Waals surface area contributed by atoms with Gasteiger partial charge in [0.05, 0.1) is 0 Å². The number of hydrogen-bond donors (Lipinski definition) is 1.